The summed E-state index contributed by atoms with van der Waals surface area (Å²) in [6.07, 6.45) is 3.49. The minimum atomic E-state index is 0.477. The van der Waals surface area contributed by atoms with Gasteiger partial charge >= 0.3 is 0 Å². The highest BCUT2D eigenvalue weighted by molar-refractivity contribution is 14.1. The Morgan fingerprint density at radius 2 is 2.21 bits per heavy atom. The molecular weight excluding hydrogens is 312 g/mol. The minimum Gasteiger partial charge on any atom is -0.369 e. The Labute approximate surface area is 100 Å². The lowest BCUT2D eigenvalue weighted by Gasteiger charge is -2.07. The quantitative estimate of drug-likeness (QED) is 0.821. The lowest BCUT2D eigenvalue weighted by molar-refractivity contribution is 1.07. The third-order valence-corrected chi connectivity index (χ3v) is 2.94. The van der Waals surface area contributed by atoms with E-state index in [2.05, 4.69) is 27.6 Å². The zero-order valence-corrected chi connectivity index (χ0v) is 10.0. The molecule has 0 aliphatic rings. The topological polar surface area (TPSA) is 43.8 Å². The Hall–Kier alpha value is -0.750. The lowest BCUT2D eigenvalue weighted by atomic mass is 10.3. The van der Waals surface area contributed by atoms with E-state index >= 15 is 0 Å². The summed E-state index contributed by atoms with van der Waals surface area (Å²) in [4.78, 5) is 3.96. The number of nitrogens with two attached hydrogens (primary N) is 1. The maximum atomic E-state index is 5.86. The van der Waals surface area contributed by atoms with Crippen LogP contribution in [0, 0.1) is 3.57 Å². The highest BCUT2D eigenvalue weighted by Crippen LogP contribution is 2.22. The second-order valence-corrected chi connectivity index (χ2v) is 4.35. The molecule has 1 aromatic heterocycles. The van der Waals surface area contributed by atoms with Gasteiger partial charge in [-0.25, -0.2) is 4.98 Å². The van der Waals surface area contributed by atoms with Crippen LogP contribution in [0.5, 0.6) is 0 Å². The van der Waals surface area contributed by atoms with Gasteiger partial charge in [0, 0.05) is 21.0 Å². The summed E-state index contributed by atoms with van der Waals surface area (Å²) in [5.41, 5.74) is 6.69. The molecule has 0 atom stereocenters. The van der Waals surface area contributed by atoms with E-state index in [0.29, 0.717) is 5.95 Å². The summed E-state index contributed by atoms with van der Waals surface area (Å²) in [6, 6.07) is 5.64. The summed E-state index contributed by atoms with van der Waals surface area (Å²) < 4.78 is 2.86. The maximum absolute atomic E-state index is 5.86. The molecular formula is C9H7ClIN3. The van der Waals surface area contributed by atoms with Gasteiger partial charge in [-0.3, -0.25) is 4.57 Å². The van der Waals surface area contributed by atoms with E-state index in [1.165, 1.54) is 0 Å². The van der Waals surface area contributed by atoms with Crippen LogP contribution >= 0.6 is 34.2 Å². The molecule has 2 N–H and O–H groups in total. The first-order valence-corrected chi connectivity index (χ1v) is 5.38. The number of rotatable bonds is 1. The van der Waals surface area contributed by atoms with E-state index < -0.39 is 0 Å². The monoisotopic (exact) mass is 319 g/mol. The second kappa shape index (κ2) is 3.78. The summed E-state index contributed by atoms with van der Waals surface area (Å²) in [6.45, 7) is 0. The van der Waals surface area contributed by atoms with Crippen molar-refractivity contribution in [2.75, 3.05) is 5.73 Å². The van der Waals surface area contributed by atoms with Crippen molar-refractivity contribution < 1.29 is 0 Å². The molecule has 0 fully saturated rings. The van der Waals surface area contributed by atoms with Crippen molar-refractivity contribution in [1.82, 2.24) is 9.55 Å². The Kier molecular flexibility index (Phi) is 2.64. The third-order valence-electron chi connectivity index (χ3n) is 1.84. The van der Waals surface area contributed by atoms with Crippen LogP contribution in [0.25, 0.3) is 5.69 Å². The van der Waals surface area contributed by atoms with Crippen molar-refractivity contribution in [2.45, 2.75) is 0 Å². The summed E-state index contributed by atoms with van der Waals surface area (Å²) >= 11 is 8.07. The average molecular weight is 320 g/mol. The molecule has 0 saturated heterocycles. The van der Waals surface area contributed by atoms with Crippen LogP contribution in [0.3, 0.4) is 0 Å². The fourth-order valence-corrected chi connectivity index (χ4v) is 2.33. The normalized spacial score (nSPS) is 10.4. The summed E-state index contributed by atoms with van der Waals surface area (Å²) in [5.74, 6) is 0.477. The van der Waals surface area contributed by atoms with Crippen molar-refractivity contribution in [2.24, 2.45) is 0 Å². The standard InChI is InChI=1S/C9H7ClIN3/c10-6-1-2-8(7(11)5-6)14-4-3-13-9(14)12/h1-5H,(H2,12,13). The lowest BCUT2D eigenvalue weighted by Crippen LogP contribution is -2.01. The molecule has 3 nitrogen and oxygen atoms in total. The Balaban J connectivity index is 2.58. The molecule has 14 heavy (non-hydrogen) atoms. The SMILES string of the molecule is Nc1nccn1-c1ccc(Cl)cc1I. The van der Waals surface area contributed by atoms with Crippen molar-refractivity contribution in [3.63, 3.8) is 0 Å². The minimum absolute atomic E-state index is 0.477. The molecule has 0 saturated carbocycles. The first kappa shape index (κ1) is 9.79. The molecule has 0 aliphatic carbocycles. The van der Waals surface area contributed by atoms with Crippen LogP contribution in [-0.4, -0.2) is 9.55 Å². The molecule has 0 aliphatic heterocycles. The fourth-order valence-electron chi connectivity index (χ4n) is 1.20. The molecule has 0 bridgehead atoms. The van der Waals surface area contributed by atoms with Crippen molar-refractivity contribution in [3.8, 4) is 5.69 Å². The molecule has 2 aromatic rings. The van der Waals surface area contributed by atoms with Crippen LogP contribution < -0.4 is 5.73 Å². The van der Waals surface area contributed by atoms with E-state index in [1.807, 2.05) is 29.0 Å². The fraction of sp³-hybridized carbons (Fsp3) is 0. The number of aromatic nitrogens is 2. The van der Waals surface area contributed by atoms with Gasteiger partial charge in [-0.2, -0.15) is 0 Å². The first-order valence-electron chi connectivity index (χ1n) is 3.93. The molecule has 1 heterocycles. The van der Waals surface area contributed by atoms with Gasteiger partial charge in [0.2, 0.25) is 5.95 Å². The molecule has 1 aromatic carbocycles. The number of hydrogen-bond donors (Lipinski definition) is 1. The van der Waals surface area contributed by atoms with Crippen LogP contribution in [0.1, 0.15) is 0 Å². The van der Waals surface area contributed by atoms with Gasteiger partial charge in [0.05, 0.1) is 5.69 Å². The Bertz CT molecular complexity index is 467. The zero-order valence-electron chi connectivity index (χ0n) is 7.11. The second-order valence-electron chi connectivity index (χ2n) is 2.75. The zero-order chi connectivity index (χ0) is 10.1. The predicted octanol–water partition coefficient (Wildman–Crippen LogP) is 2.71. The predicted molar refractivity (Wildman–Crippen MR) is 65.7 cm³/mol. The highest BCUT2D eigenvalue weighted by atomic mass is 127. The van der Waals surface area contributed by atoms with Gasteiger partial charge in [0.1, 0.15) is 0 Å². The number of halogens is 2. The van der Waals surface area contributed by atoms with E-state index in [9.17, 15) is 0 Å². The van der Waals surface area contributed by atoms with Gasteiger partial charge in [-0.1, -0.05) is 11.6 Å². The van der Waals surface area contributed by atoms with Crippen molar-refractivity contribution >= 4 is 40.1 Å². The average Bonchev–Trinajstić information content (AvgIpc) is 2.52. The van der Waals surface area contributed by atoms with Crippen LogP contribution in [-0.2, 0) is 0 Å². The van der Waals surface area contributed by atoms with Crippen LogP contribution in [0.15, 0.2) is 30.6 Å². The third kappa shape index (κ3) is 1.72. The highest BCUT2D eigenvalue weighted by Gasteiger charge is 2.05. The van der Waals surface area contributed by atoms with E-state index in [1.54, 1.807) is 6.20 Å². The molecule has 0 spiro atoms. The van der Waals surface area contributed by atoms with Gasteiger partial charge < -0.3 is 5.73 Å². The number of anilines is 1. The Morgan fingerprint density at radius 3 is 2.79 bits per heavy atom. The number of imidazole rings is 1. The van der Waals surface area contributed by atoms with Crippen LogP contribution in [0.4, 0.5) is 5.95 Å². The summed E-state index contributed by atoms with van der Waals surface area (Å²) in [7, 11) is 0. The number of nitrogen functional groups attached to an aromatic ring is 1. The summed E-state index contributed by atoms with van der Waals surface area (Å²) in [5, 5.41) is 0.719. The smallest absolute Gasteiger partial charge is 0.204 e. The van der Waals surface area contributed by atoms with E-state index in [4.69, 9.17) is 17.3 Å². The number of hydrogen-bond acceptors (Lipinski definition) is 2. The van der Waals surface area contributed by atoms with Crippen molar-refractivity contribution in [3.05, 3.63) is 39.2 Å². The van der Waals surface area contributed by atoms with Gasteiger partial charge in [-0.15, -0.1) is 0 Å². The number of nitrogens with zero attached hydrogens (tertiary/aromatic N) is 2. The van der Waals surface area contributed by atoms with Gasteiger partial charge in [0.15, 0.2) is 0 Å². The molecule has 0 unspecified atom stereocenters. The Morgan fingerprint density at radius 1 is 1.43 bits per heavy atom. The van der Waals surface area contributed by atoms with Gasteiger partial charge in [-0.05, 0) is 40.8 Å². The maximum Gasteiger partial charge on any atom is 0.204 e. The van der Waals surface area contributed by atoms with E-state index in [-0.39, 0.29) is 0 Å². The molecule has 72 valence electrons. The number of benzene rings is 1. The first-order chi connectivity index (χ1) is 6.68. The molecule has 0 amide bonds. The molecule has 5 heteroatoms. The van der Waals surface area contributed by atoms with E-state index in [0.717, 1.165) is 14.3 Å². The molecule has 2 rings (SSSR count). The largest absolute Gasteiger partial charge is 0.369 e. The van der Waals surface area contributed by atoms with Gasteiger partial charge in [0.25, 0.3) is 0 Å². The van der Waals surface area contributed by atoms with Crippen LogP contribution in [0.2, 0.25) is 5.02 Å². The van der Waals surface area contributed by atoms with Crippen molar-refractivity contribution in [1.29, 1.82) is 0 Å². The molecule has 0 radical (unpaired) electrons.